The van der Waals surface area contributed by atoms with Crippen LogP contribution in [0.5, 0.6) is 5.75 Å². The number of aromatic nitrogens is 2. The maximum Gasteiger partial charge on any atom is 0.416 e. The minimum atomic E-state index is -4.41. The summed E-state index contributed by atoms with van der Waals surface area (Å²) in [4.78, 5) is 12.2. The second-order valence-corrected chi connectivity index (χ2v) is 6.15. The van der Waals surface area contributed by atoms with Crippen molar-refractivity contribution in [1.29, 1.82) is 0 Å². The molecule has 1 aliphatic heterocycles. The molecule has 2 heterocycles. The van der Waals surface area contributed by atoms with Gasteiger partial charge in [0.2, 0.25) is 0 Å². The molecule has 4 N–H and O–H groups in total. The van der Waals surface area contributed by atoms with Gasteiger partial charge in [0.05, 0.1) is 5.56 Å². The zero-order valence-corrected chi connectivity index (χ0v) is 15.5. The third-order valence-electron chi connectivity index (χ3n) is 4.14. The third-order valence-corrected chi connectivity index (χ3v) is 4.14. The normalized spacial score (nSPS) is 14.6. The molecule has 0 aliphatic carbocycles. The van der Waals surface area contributed by atoms with Gasteiger partial charge in [-0.05, 0) is 24.3 Å². The summed E-state index contributed by atoms with van der Waals surface area (Å²) >= 11 is 0. The number of ether oxygens (including phenoxy) is 1. The van der Waals surface area contributed by atoms with Gasteiger partial charge in [0.15, 0.2) is 5.69 Å². The van der Waals surface area contributed by atoms with E-state index in [1.54, 1.807) is 0 Å². The summed E-state index contributed by atoms with van der Waals surface area (Å²) in [6.07, 6.45) is -4.67. The fourth-order valence-electron chi connectivity index (χ4n) is 2.70. The Hall–Kier alpha value is -2.30. The van der Waals surface area contributed by atoms with Crippen molar-refractivity contribution in [2.24, 2.45) is 0 Å². The van der Waals surface area contributed by atoms with Crippen molar-refractivity contribution < 1.29 is 27.8 Å². The molecule has 1 atom stereocenters. The van der Waals surface area contributed by atoms with Crippen LogP contribution in [0.25, 0.3) is 0 Å². The molecule has 0 fully saturated rings. The number of aliphatic hydroxyl groups excluding tert-OH is 1. The van der Waals surface area contributed by atoms with Crippen LogP contribution in [-0.4, -0.2) is 47.0 Å². The van der Waals surface area contributed by atoms with E-state index in [1.165, 1.54) is 12.1 Å². The maximum atomic E-state index is 12.5. The number of hydrogen-bond donors (Lipinski definition) is 4. The number of aromatic amines is 1. The number of carbonyl (C=O) groups is 1. The highest BCUT2D eigenvalue weighted by Gasteiger charge is 2.30. The van der Waals surface area contributed by atoms with E-state index in [2.05, 4.69) is 20.8 Å². The Morgan fingerprint density at radius 1 is 1.32 bits per heavy atom. The fourth-order valence-corrected chi connectivity index (χ4v) is 2.70. The highest BCUT2D eigenvalue weighted by Crippen LogP contribution is 2.30. The molecule has 154 valence electrons. The molecule has 1 aliphatic rings. The molecule has 0 saturated carbocycles. The van der Waals surface area contributed by atoms with E-state index in [4.69, 9.17) is 4.74 Å². The first-order valence-corrected chi connectivity index (χ1v) is 8.37. The number of amides is 1. The second kappa shape index (κ2) is 9.26. The molecule has 0 radical (unpaired) electrons. The molecule has 1 unspecified atom stereocenters. The molecule has 2 aromatic rings. The Morgan fingerprint density at radius 3 is 2.71 bits per heavy atom. The quantitative estimate of drug-likeness (QED) is 0.569. The lowest BCUT2D eigenvalue weighted by atomic mass is 10.1. The predicted molar refractivity (Wildman–Crippen MR) is 96.5 cm³/mol. The predicted octanol–water partition coefficient (Wildman–Crippen LogP) is 1.67. The largest absolute Gasteiger partial charge is 0.491 e. The van der Waals surface area contributed by atoms with Crippen LogP contribution in [0, 0.1) is 0 Å². The van der Waals surface area contributed by atoms with Crippen molar-refractivity contribution in [2.75, 3.05) is 19.7 Å². The average molecular weight is 421 g/mol. The number of aliphatic hydroxyl groups is 1. The van der Waals surface area contributed by atoms with Crippen LogP contribution in [-0.2, 0) is 19.1 Å². The molecule has 0 spiro atoms. The van der Waals surface area contributed by atoms with Crippen molar-refractivity contribution in [3.05, 3.63) is 46.8 Å². The SMILES string of the molecule is Cl.O=C(NCC(O)COc1ccc(C(F)(F)F)cc1)c1n[nH]c2c1CNCC2. The summed E-state index contributed by atoms with van der Waals surface area (Å²) in [6, 6.07) is 4.16. The monoisotopic (exact) mass is 420 g/mol. The second-order valence-electron chi connectivity index (χ2n) is 6.15. The molecule has 28 heavy (non-hydrogen) atoms. The summed E-state index contributed by atoms with van der Waals surface area (Å²) in [6.45, 7) is 1.12. The first-order chi connectivity index (χ1) is 12.8. The van der Waals surface area contributed by atoms with Crippen LogP contribution in [0.3, 0.4) is 0 Å². The summed E-state index contributed by atoms with van der Waals surface area (Å²) < 4.78 is 42.7. The Morgan fingerprint density at radius 2 is 2.04 bits per heavy atom. The van der Waals surface area contributed by atoms with Gasteiger partial charge in [0, 0.05) is 37.3 Å². The number of halogens is 4. The number of fused-ring (bicyclic) bond motifs is 1. The van der Waals surface area contributed by atoms with Gasteiger partial charge in [-0.2, -0.15) is 18.3 Å². The van der Waals surface area contributed by atoms with Crippen LogP contribution in [0.1, 0.15) is 27.3 Å². The Balaban J connectivity index is 0.00000280. The van der Waals surface area contributed by atoms with E-state index in [-0.39, 0.29) is 37.0 Å². The maximum absolute atomic E-state index is 12.5. The third kappa shape index (κ3) is 5.37. The van der Waals surface area contributed by atoms with E-state index >= 15 is 0 Å². The lowest BCUT2D eigenvalue weighted by Gasteiger charge is -2.15. The molecule has 7 nitrogen and oxygen atoms in total. The molecule has 1 aromatic heterocycles. The minimum absolute atomic E-state index is 0. The number of H-pyrrole nitrogens is 1. The zero-order valence-electron chi connectivity index (χ0n) is 14.7. The van der Waals surface area contributed by atoms with Crippen LogP contribution >= 0.6 is 12.4 Å². The molecular weight excluding hydrogens is 401 g/mol. The number of rotatable bonds is 6. The average Bonchev–Trinajstić information content (AvgIpc) is 3.08. The summed E-state index contributed by atoms with van der Waals surface area (Å²) in [5.41, 5.74) is 1.24. The first kappa shape index (κ1) is 22.0. The number of nitrogens with one attached hydrogen (secondary N) is 3. The van der Waals surface area contributed by atoms with E-state index in [0.717, 1.165) is 36.4 Å². The lowest BCUT2D eigenvalue weighted by molar-refractivity contribution is -0.137. The Kier molecular flexibility index (Phi) is 7.28. The first-order valence-electron chi connectivity index (χ1n) is 8.37. The van der Waals surface area contributed by atoms with Crippen molar-refractivity contribution in [3.8, 4) is 5.75 Å². The number of nitrogens with zero attached hydrogens (tertiary/aromatic N) is 1. The van der Waals surface area contributed by atoms with Crippen LogP contribution in [0.4, 0.5) is 13.2 Å². The van der Waals surface area contributed by atoms with Gasteiger partial charge in [-0.15, -0.1) is 12.4 Å². The van der Waals surface area contributed by atoms with Crippen LogP contribution in [0.2, 0.25) is 0 Å². The molecule has 0 saturated heterocycles. The number of hydrogen-bond acceptors (Lipinski definition) is 5. The molecule has 11 heteroatoms. The highest BCUT2D eigenvalue weighted by atomic mass is 35.5. The van der Waals surface area contributed by atoms with E-state index in [0.29, 0.717) is 6.54 Å². The lowest BCUT2D eigenvalue weighted by Crippen LogP contribution is -2.36. The fraction of sp³-hybridized carbons (Fsp3) is 0.412. The molecular formula is C17H20ClF3N4O3. The van der Waals surface area contributed by atoms with Crippen molar-refractivity contribution in [2.45, 2.75) is 25.2 Å². The smallest absolute Gasteiger partial charge is 0.416 e. The molecule has 0 bridgehead atoms. The summed E-state index contributed by atoms with van der Waals surface area (Å²) in [5, 5.41) is 22.5. The minimum Gasteiger partial charge on any atom is -0.491 e. The number of alkyl halides is 3. The van der Waals surface area contributed by atoms with Gasteiger partial charge in [-0.3, -0.25) is 9.89 Å². The van der Waals surface area contributed by atoms with Gasteiger partial charge in [0.25, 0.3) is 5.91 Å². The molecule has 1 aromatic carbocycles. The Bertz CT molecular complexity index is 796. The topological polar surface area (TPSA) is 99.3 Å². The summed E-state index contributed by atoms with van der Waals surface area (Å²) in [5.74, 6) is -0.217. The van der Waals surface area contributed by atoms with E-state index in [1.807, 2.05) is 0 Å². The Labute approximate surface area is 165 Å². The van der Waals surface area contributed by atoms with Gasteiger partial charge in [-0.1, -0.05) is 0 Å². The van der Waals surface area contributed by atoms with Crippen molar-refractivity contribution >= 4 is 18.3 Å². The number of benzene rings is 1. The molecule has 3 rings (SSSR count). The zero-order chi connectivity index (χ0) is 19.4. The van der Waals surface area contributed by atoms with Gasteiger partial charge >= 0.3 is 6.18 Å². The van der Waals surface area contributed by atoms with Crippen LogP contribution < -0.4 is 15.4 Å². The highest BCUT2D eigenvalue weighted by molar-refractivity contribution is 5.94. The summed E-state index contributed by atoms with van der Waals surface area (Å²) in [7, 11) is 0. The molecule has 1 amide bonds. The van der Waals surface area contributed by atoms with Gasteiger partial charge in [0.1, 0.15) is 18.5 Å². The van der Waals surface area contributed by atoms with E-state index in [9.17, 15) is 23.1 Å². The van der Waals surface area contributed by atoms with Crippen molar-refractivity contribution in [1.82, 2.24) is 20.8 Å². The standard InChI is InChI=1S/C17H19F3N4O3.ClH/c18-17(19,20)10-1-3-12(4-2-10)27-9-11(25)7-22-16(26)15-13-8-21-6-5-14(13)23-24-15;/h1-4,11,21,25H,5-9H2,(H,22,26)(H,23,24);1H. The number of carbonyl (C=O) groups excluding carboxylic acids is 1. The van der Waals surface area contributed by atoms with E-state index < -0.39 is 23.8 Å². The van der Waals surface area contributed by atoms with Gasteiger partial charge < -0.3 is 20.5 Å². The van der Waals surface area contributed by atoms with Crippen LogP contribution in [0.15, 0.2) is 24.3 Å². The van der Waals surface area contributed by atoms with Crippen molar-refractivity contribution in [3.63, 3.8) is 0 Å². The van der Waals surface area contributed by atoms with Gasteiger partial charge in [-0.25, -0.2) is 0 Å².